The quantitative estimate of drug-likeness (QED) is 0.878. The number of hydrogen-bond donors (Lipinski definition) is 1. The maximum Gasteiger partial charge on any atom is 0.103 e. The number of nitrogens with two attached hydrogens (primary N) is 1. The van der Waals surface area contributed by atoms with Crippen LogP contribution in [0.4, 0.5) is 0 Å². The lowest BCUT2D eigenvalue weighted by atomic mass is 10.3. The average molecular weight is 256 g/mol. The summed E-state index contributed by atoms with van der Waals surface area (Å²) in [5, 5.41) is 2.16. The maximum atomic E-state index is 5.72. The normalized spacial score (nSPS) is 17.1. The molecule has 2 rings (SSSR count). The number of hydrogen-bond acceptors (Lipinski definition) is 4. The Labute approximate surface area is 106 Å². The van der Waals surface area contributed by atoms with Gasteiger partial charge in [-0.05, 0) is 19.3 Å². The highest BCUT2D eigenvalue weighted by atomic mass is 32.2. The fourth-order valence-corrected chi connectivity index (χ4v) is 4.56. The number of thiazole rings is 1. The summed E-state index contributed by atoms with van der Waals surface area (Å²) >= 11 is 3.90. The predicted octanol–water partition coefficient (Wildman–Crippen LogP) is 3.34. The highest BCUT2D eigenvalue weighted by Gasteiger charge is 2.16. The van der Waals surface area contributed by atoms with Gasteiger partial charge in [-0.15, -0.1) is 11.3 Å². The molecule has 0 amide bonds. The van der Waals surface area contributed by atoms with E-state index in [2.05, 4.69) is 23.7 Å². The van der Waals surface area contributed by atoms with E-state index >= 15 is 0 Å². The minimum absolute atomic E-state index is 0.648. The van der Waals surface area contributed by atoms with Crippen LogP contribution in [0.2, 0.25) is 0 Å². The SMILES string of the molecule is CCc1nc(CSC2CCCC2)sc1CN. The smallest absolute Gasteiger partial charge is 0.103 e. The zero-order valence-corrected chi connectivity index (χ0v) is 11.5. The van der Waals surface area contributed by atoms with Gasteiger partial charge in [0.15, 0.2) is 0 Å². The Kier molecular flexibility index (Phi) is 4.67. The van der Waals surface area contributed by atoms with E-state index in [0.717, 1.165) is 17.4 Å². The van der Waals surface area contributed by atoms with Gasteiger partial charge in [0.25, 0.3) is 0 Å². The van der Waals surface area contributed by atoms with E-state index in [1.165, 1.54) is 41.3 Å². The minimum Gasteiger partial charge on any atom is -0.326 e. The Bertz CT molecular complexity index is 308. The van der Waals surface area contributed by atoms with Crippen molar-refractivity contribution in [1.82, 2.24) is 4.98 Å². The van der Waals surface area contributed by atoms with Crippen molar-refractivity contribution < 1.29 is 0 Å². The van der Waals surface area contributed by atoms with Crippen LogP contribution >= 0.6 is 23.1 Å². The zero-order valence-electron chi connectivity index (χ0n) is 9.87. The van der Waals surface area contributed by atoms with Crippen LogP contribution in [-0.4, -0.2) is 10.2 Å². The molecular weight excluding hydrogens is 236 g/mol. The lowest BCUT2D eigenvalue weighted by Crippen LogP contribution is -1.97. The fourth-order valence-electron chi connectivity index (χ4n) is 2.18. The molecule has 0 saturated heterocycles. The first-order valence-electron chi connectivity index (χ1n) is 6.12. The third-order valence-electron chi connectivity index (χ3n) is 3.09. The van der Waals surface area contributed by atoms with Crippen LogP contribution in [0.25, 0.3) is 0 Å². The number of thioether (sulfide) groups is 1. The predicted molar refractivity (Wildman–Crippen MR) is 72.9 cm³/mol. The molecule has 4 heteroatoms. The van der Waals surface area contributed by atoms with Gasteiger partial charge >= 0.3 is 0 Å². The molecule has 1 aliphatic rings. The maximum absolute atomic E-state index is 5.72. The molecule has 16 heavy (non-hydrogen) atoms. The number of aromatic nitrogens is 1. The van der Waals surface area contributed by atoms with E-state index in [9.17, 15) is 0 Å². The van der Waals surface area contributed by atoms with Crippen LogP contribution in [-0.2, 0) is 18.7 Å². The van der Waals surface area contributed by atoms with Gasteiger partial charge in [0.2, 0.25) is 0 Å². The third kappa shape index (κ3) is 2.99. The molecule has 1 aliphatic carbocycles. The molecule has 0 atom stereocenters. The molecule has 0 spiro atoms. The monoisotopic (exact) mass is 256 g/mol. The van der Waals surface area contributed by atoms with E-state index in [0.29, 0.717) is 6.54 Å². The molecule has 1 fully saturated rings. The molecule has 0 radical (unpaired) electrons. The Morgan fingerprint density at radius 3 is 2.75 bits per heavy atom. The van der Waals surface area contributed by atoms with Crippen molar-refractivity contribution >= 4 is 23.1 Å². The molecule has 0 aliphatic heterocycles. The topological polar surface area (TPSA) is 38.9 Å². The van der Waals surface area contributed by atoms with Crippen LogP contribution in [0, 0.1) is 0 Å². The fraction of sp³-hybridized carbons (Fsp3) is 0.750. The molecule has 1 heterocycles. The summed E-state index contributed by atoms with van der Waals surface area (Å²) in [6, 6.07) is 0. The highest BCUT2D eigenvalue weighted by molar-refractivity contribution is 7.99. The van der Waals surface area contributed by atoms with Crippen LogP contribution in [0.5, 0.6) is 0 Å². The average Bonchev–Trinajstić information content (AvgIpc) is 2.95. The van der Waals surface area contributed by atoms with Crippen LogP contribution in [0.15, 0.2) is 0 Å². The van der Waals surface area contributed by atoms with Gasteiger partial charge in [-0.3, -0.25) is 0 Å². The lowest BCUT2D eigenvalue weighted by molar-refractivity contribution is 0.886. The van der Waals surface area contributed by atoms with Crippen molar-refractivity contribution in [2.45, 2.75) is 56.6 Å². The van der Waals surface area contributed by atoms with Gasteiger partial charge in [0.1, 0.15) is 5.01 Å². The van der Waals surface area contributed by atoms with Gasteiger partial charge in [0.05, 0.1) is 5.69 Å². The first-order valence-corrected chi connectivity index (χ1v) is 7.99. The van der Waals surface area contributed by atoms with Gasteiger partial charge in [-0.1, -0.05) is 19.8 Å². The van der Waals surface area contributed by atoms with Crippen molar-refractivity contribution in [3.8, 4) is 0 Å². The van der Waals surface area contributed by atoms with Crippen molar-refractivity contribution in [2.24, 2.45) is 5.73 Å². The van der Waals surface area contributed by atoms with Crippen LogP contribution < -0.4 is 5.73 Å². The molecule has 2 N–H and O–H groups in total. The number of rotatable bonds is 5. The number of aryl methyl sites for hydroxylation is 1. The van der Waals surface area contributed by atoms with E-state index in [4.69, 9.17) is 5.73 Å². The Hall–Kier alpha value is -0.0600. The first kappa shape index (κ1) is 12.4. The van der Waals surface area contributed by atoms with Crippen molar-refractivity contribution in [1.29, 1.82) is 0 Å². The summed E-state index contributed by atoms with van der Waals surface area (Å²) in [6.45, 7) is 2.80. The molecule has 90 valence electrons. The molecule has 1 saturated carbocycles. The Morgan fingerprint density at radius 1 is 1.44 bits per heavy atom. The van der Waals surface area contributed by atoms with Crippen LogP contribution in [0.3, 0.4) is 0 Å². The first-order chi connectivity index (χ1) is 7.83. The van der Waals surface area contributed by atoms with E-state index < -0.39 is 0 Å². The summed E-state index contributed by atoms with van der Waals surface area (Å²) in [4.78, 5) is 5.96. The largest absolute Gasteiger partial charge is 0.326 e. The molecule has 0 bridgehead atoms. The molecule has 0 aromatic carbocycles. The van der Waals surface area contributed by atoms with E-state index in [1.807, 2.05) is 11.3 Å². The minimum atomic E-state index is 0.648. The lowest BCUT2D eigenvalue weighted by Gasteiger charge is -2.05. The summed E-state index contributed by atoms with van der Waals surface area (Å²) in [5.74, 6) is 1.09. The summed E-state index contributed by atoms with van der Waals surface area (Å²) in [7, 11) is 0. The molecule has 0 unspecified atom stereocenters. The van der Waals surface area contributed by atoms with Gasteiger partial charge in [-0.25, -0.2) is 4.98 Å². The molecule has 2 nitrogen and oxygen atoms in total. The van der Waals surface area contributed by atoms with Crippen molar-refractivity contribution in [3.05, 3.63) is 15.6 Å². The molecule has 1 aromatic heterocycles. The second-order valence-corrected chi connectivity index (χ2v) is 6.71. The Balaban J connectivity index is 1.90. The van der Waals surface area contributed by atoms with Gasteiger partial charge in [-0.2, -0.15) is 11.8 Å². The molecular formula is C12H20N2S2. The highest BCUT2D eigenvalue weighted by Crippen LogP contribution is 2.33. The number of nitrogens with zero attached hydrogens (tertiary/aromatic N) is 1. The van der Waals surface area contributed by atoms with E-state index in [-0.39, 0.29) is 0 Å². The van der Waals surface area contributed by atoms with E-state index in [1.54, 1.807) is 0 Å². The third-order valence-corrected chi connectivity index (χ3v) is 5.77. The zero-order chi connectivity index (χ0) is 11.4. The summed E-state index contributed by atoms with van der Waals surface area (Å²) in [5.41, 5.74) is 6.94. The van der Waals surface area contributed by atoms with Gasteiger partial charge < -0.3 is 5.73 Å². The molecule has 1 aromatic rings. The second kappa shape index (κ2) is 6.03. The standard InChI is InChI=1S/C12H20N2S2/c1-2-10-11(7-13)16-12(14-10)8-15-9-5-3-4-6-9/h9H,2-8,13H2,1H3. The van der Waals surface area contributed by atoms with Crippen molar-refractivity contribution in [3.63, 3.8) is 0 Å². The van der Waals surface area contributed by atoms with Crippen molar-refractivity contribution in [2.75, 3.05) is 0 Å². The van der Waals surface area contributed by atoms with Crippen LogP contribution in [0.1, 0.15) is 48.2 Å². The van der Waals surface area contributed by atoms with Gasteiger partial charge in [0, 0.05) is 22.4 Å². The summed E-state index contributed by atoms with van der Waals surface area (Å²) < 4.78 is 0. The Morgan fingerprint density at radius 2 is 2.19 bits per heavy atom. The summed E-state index contributed by atoms with van der Waals surface area (Å²) in [6.07, 6.45) is 6.66. The second-order valence-electron chi connectivity index (χ2n) is 4.25.